The molecule has 0 spiro atoms. The summed E-state index contributed by atoms with van der Waals surface area (Å²) in [5.41, 5.74) is 3.57. The van der Waals surface area contributed by atoms with Crippen LogP contribution in [-0.2, 0) is 4.74 Å². The second kappa shape index (κ2) is 9.46. The number of methoxy groups -OCH3 is 1. The Morgan fingerprint density at radius 2 is 1.56 bits per heavy atom. The van der Waals surface area contributed by atoms with Crippen molar-refractivity contribution in [2.45, 2.75) is 37.6 Å². The van der Waals surface area contributed by atoms with Gasteiger partial charge in [0.2, 0.25) is 0 Å². The fraction of sp³-hybridized carbons (Fsp3) is 0.423. The average molecular weight is 463 g/mol. The maximum Gasteiger partial charge on any atom is 0.338 e. The van der Waals surface area contributed by atoms with E-state index >= 15 is 0 Å². The van der Waals surface area contributed by atoms with Gasteiger partial charge in [-0.1, -0.05) is 18.2 Å². The number of H-pyrrole nitrogens is 2. The lowest BCUT2D eigenvalue weighted by Gasteiger charge is -2.42. The van der Waals surface area contributed by atoms with Gasteiger partial charge in [-0.15, -0.1) is 0 Å². The fourth-order valence-electron chi connectivity index (χ4n) is 5.46. The number of benzene rings is 2. The molecule has 2 aromatic carbocycles. The van der Waals surface area contributed by atoms with Crippen LogP contribution in [0.1, 0.15) is 57.9 Å². The molecular weight excluding hydrogens is 432 g/mol. The molecule has 178 valence electrons. The number of hydrogen-bond acceptors (Lipinski definition) is 5. The first-order chi connectivity index (χ1) is 16.5. The van der Waals surface area contributed by atoms with Crippen LogP contribution in [0.2, 0.25) is 0 Å². The number of carbonyl (C=O) groups is 2. The normalized spacial score (nSPS) is 18.3. The van der Waals surface area contributed by atoms with Crippen molar-refractivity contribution in [2.24, 2.45) is 0 Å². The van der Waals surface area contributed by atoms with E-state index in [-0.39, 0.29) is 11.6 Å². The summed E-state index contributed by atoms with van der Waals surface area (Å²) in [6.07, 6.45) is 4.05. The Morgan fingerprint density at radius 3 is 2.26 bits per heavy atom. The summed E-state index contributed by atoms with van der Waals surface area (Å²) >= 11 is 0. The first-order valence-electron chi connectivity index (χ1n) is 12.0. The Balaban J connectivity index is 1.16. The molecule has 0 radical (unpaired) electrons. The lowest BCUT2D eigenvalue weighted by molar-refractivity contribution is 0.0548. The van der Waals surface area contributed by atoms with Gasteiger partial charge in [-0.2, -0.15) is 0 Å². The quantitative estimate of drug-likeness (QED) is 0.581. The summed E-state index contributed by atoms with van der Waals surface area (Å²) < 4.78 is 4.84. The van der Waals surface area contributed by atoms with Crippen LogP contribution >= 0.6 is 0 Å². The first kappa shape index (κ1) is 22.4. The van der Waals surface area contributed by atoms with Gasteiger partial charge in [-0.3, -0.25) is 4.79 Å². The standard InChI is InChI=1S/C26H30N4O4/c1-34-25(32)21-5-3-2-4-20(21)24(31)30-14-10-19(11-15-30)29-12-8-17(9-13-29)18-6-7-22-23(16-18)28-26(33)27-22/h2-7,16-17,19H,8-15H2,1H3,(H2,27,28,33). The molecule has 5 rings (SSSR count). The molecule has 0 aliphatic carbocycles. The van der Waals surface area contributed by atoms with Gasteiger partial charge >= 0.3 is 11.7 Å². The molecule has 1 amide bonds. The van der Waals surface area contributed by atoms with Crippen LogP contribution in [0, 0.1) is 0 Å². The molecule has 0 unspecified atom stereocenters. The van der Waals surface area contributed by atoms with Gasteiger partial charge in [0.05, 0.1) is 29.3 Å². The van der Waals surface area contributed by atoms with E-state index in [9.17, 15) is 14.4 Å². The lowest BCUT2D eigenvalue weighted by atomic mass is 9.87. The van der Waals surface area contributed by atoms with Crippen LogP contribution in [0.5, 0.6) is 0 Å². The molecule has 0 atom stereocenters. The molecule has 2 fully saturated rings. The van der Waals surface area contributed by atoms with Gasteiger partial charge in [0.15, 0.2) is 0 Å². The maximum atomic E-state index is 13.1. The largest absolute Gasteiger partial charge is 0.465 e. The van der Waals surface area contributed by atoms with Gasteiger partial charge in [-0.25, -0.2) is 9.59 Å². The maximum absolute atomic E-state index is 13.1. The molecular formula is C26H30N4O4. The second-order valence-corrected chi connectivity index (χ2v) is 9.25. The van der Waals surface area contributed by atoms with E-state index in [1.807, 2.05) is 11.0 Å². The van der Waals surface area contributed by atoms with Crippen molar-refractivity contribution in [3.05, 3.63) is 69.6 Å². The van der Waals surface area contributed by atoms with Crippen molar-refractivity contribution in [1.82, 2.24) is 19.8 Å². The summed E-state index contributed by atoms with van der Waals surface area (Å²) in [5, 5.41) is 0. The van der Waals surface area contributed by atoms with E-state index in [1.165, 1.54) is 12.7 Å². The van der Waals surface area contributed by atoms with Gasteiger partial charge in [0.25, 0.3) is 5.91 Å². The first-order valence-corrected chi connectivity index (χ1v) is 12.0. The molecule has 0 saturated carbocycles. The summed E-state index contributed by atoms with van der Waals surface area (Å²) in [6, 6.07) is 13.6. The topological polar surface area (TPSA) is 98.5 Å². The monoisotopic (exact) mass is 462 g/mol. The van der Waals surface area contributed by atoms with Gasteiger partial charge in [0.1, 0.15) is 0 Å². The lowest BCUT2D eigenvalue weighted by Crippen LogP contribution is -2.49. The number of rotatable bonds is 4. The van der Waals surface area contributed by atoms with Crippen LogP contribution in [-0.4, -0.2) is 71.0 Å². The molecule has 3 aromatic rings. The van der Waals surface area contributed by atoms with Crippen LogP contribution < -0.4 is 5.69 Å². The molecule has 3 heterocycles. The van der Waals surface area contributed by atoms with E-state index in [1.54, 1.807) is 24.3 Å². The highest BCUT2D eigenvalue weighted by Crippen LogP contribution is 2.32. The number of amides is 1. The van der Waals surface area contributed by atoms with Crippen molar-refractivity contribution in [2.75, 3.05) is 33.3 Å². The Hall–Kier alpha value is -3.39. The van der Waals surface area contributed by atoms with E-state index in [0.29, 0.717) is 36.2 Å². The second-order valence-electron chi connectivity index (χ2n) is 9.25. The number of fused-ring (bicyclic) bond motifs is 1. The van der Waals surface area contributed by atoms with E-state index < -0.39 is 5.97 Å². The molecule has 34 heavy (non-hydrogen) atoms. The number of imidazole rings is 1. The zero-order valence-corrected chi connectivity index (χ0v) is 19.4. The van der Waals surface area contributed by atoms with Gasteiger partial charge < -0.3 is 24.5 Å². The SMILES string of the molecule is COC(=O)c1ccccc1C(=O)N1CCC(N2CCC(c3ccc4[nH]c(=O)[nH]c4c3)CC2)CC1. The highest BCUT2D eigenvalue weighted by atomic mass is 16.5. The van der Waals surface area contributed by atoms with Crippen LogP contribution in [0.25, 0.3) is 11.0 Å². The number of piperidine rings is 2. The number of carbonyl (C=O) groups excluding carboxylic acids is 2. The average Bonchev–Trinajstić information content (AvgIpc) is 3.27. The Bertz CT molecular complexity index is 1250. The number of hydrogen-bond donors (Lipinski definition) is 2. The Labute approximate surface area is 197 Å². The number of nitrogens with one attached hydrogen (secondary N) is 2. The van der Waals surface area contributed by atoms with Crippen molar-refractivity contribution in [3.63, 3.8) is 0 Å². The molecule has 2 saturated heterocycles. The summed E-state index contributed by atoms with van der Waals surface area (Å²) in [7, 11) is 1.33. The molecule has 1 aromatic heterocycles. The fourth-order valence-corrected chi connectivity index (χ4v) is 5.46. The number of nitrogens with zero attached hydrogens (tertiary/aromatic N) is 2. The number of esters is 1. The summed E-state index contributed by atoms with van der Waals surface area (Å²) in [6.45, 7) is 3.46. The Kier molecular flexibility index (Phi) is 6.24. The highest BCUT2D eigenvalue weighted by molar-refractivity contribution is 6.05. The third-order valence-corrected chi connectivity index (χ3v) is 7.37. The summed E-state index contributed by atoms with van der Waals surface area (Å²) in [5.74, 6) is -0.0874. The van der Waals surface area contributed by atoms with E-state index in [2.05, 4.69) is 27.0 Å². The zero-order chi connectivity index (χ0) is 23.7. The number of likely N-dealkylation sites (tertiary alicyclic amines) is 2. The van der Waals surface area contributed by atoms with Gasteiger partial charge in [-0.05, 0) is 74.5 Å². The Morgan fingerprint density at radius 1 is 0.882 bits per heavy atom. The van der Waals surface area contributed by atoms with Crippen LogP contribution in [0.4, 0.5) is 0 Å². The van der Waals surface area contributed by atoms with E-state index in [4.69, 9.17) is 4.74 Å². The summed E-state index contributed by atoms with van der Waals surface area (Å²) in [4.78, 5) is 46.8. The van der Waals surface area contributed by atoms with Crippen LogP contribution in [0.3, 0.4) is 0 Å². The smallest absolute Gasteiger partial charge is 0.338 e. The molecule has 2 aliphatic heterocycles. The van der Waals surface area contributed by atoms with Crippen LogP contribution in [0.15, 0.2) is 47.3 Å². The van der Waals surface area contributed by atoms with Crippen molar-refractivity contribution in [1.29, 1.82) is 0 Å². The zero-order valence-electron chi connectivity index (χ0n) is 19.4. The minimum atomic E-state index is -0.483. The third kappa shape index (κ3) is 4.37. The molecule has 8 nitrogen and oxygen atoms in total. The predicted molar refractivity (Wildman–Crippen MR) is 129 cm³/mol. The minimum Gasteiger partial charge on any atom is -0.465 e. The van der Waals surface area contributed by atoms with Crippen molar-refractivity contribution >= 4 is 22.9 Å². The molecule has 2 N–H and O–H groups in total. The number of aromatic nitrogens is 2. The molecule has 8 heteroatoms. The molecule has 2 aliphatic rings. The van der Waals surface area contributed by atoms with E-state index in [0.717, 1.165) is 49.8 Å². The number of aromatic amines is 2. The minimum absolute atomic E-state index is 0.101. The van der Waals surface area contributed by atoms with Crippen molar-refractivity contribution < 1.29 is 14.3 Å². The third-order valence-electron chi connectivity index (χ3n) is 7.37. The molecule has 0 bridgehead atoms. The highest BCUT2D eigenvalue weighted by Gasteiger charge is 2.31. The van der Waals surface area contributed by atoms with Gasteiger partial charge in [0, 0.05) is 19.1 Å². The number of ether oxygens (including phenoxy) is 1. The van der Waals surface area contributed by atoms with Crippen molar-refractivity contribution in [3.8, 4) is 0 Å². The predicted octanol–water partition coefficient (Wildman–Crippen LogP) is 3.13.